The Morgan fingerprint density at radius 1 is 1.39 bits per heavy atom. The fourth-order valence-corrected chi connectivity index (χ4v) is 2.39. The van der Waals surface area contributed by atoms with Crippen molar-refractivity contribution in [3.8, 4) is 0 Å². The van der Waals surface area contributed by atoms with Gasteiger partial charge in [-0.25, -0.2) is 0 Å². The molecule has 1 aliphatic heterocycles. The monoisotopic (exact) mass is 401 g/mol. The highest BCUT2D eigenvalue weighted by molar-refractivity contribution is 14.0. The summed E-state index contributed by atoms with van der Waals surface area (Å²) in [4.78, 5) is 4.28. The van der Waals surface area contributed by atoms with Crippen LogP contribution >= 0.6 is 47.2 Å². The molecule has 1 aromatic carbocycles. The molecule has 1 heterocycles. The number of benzene rings is 1. The number of nitrogens with one attached hydrogen (secondary N) is 2. The van der Waals surface area contributed by atoms with Crippen LogP contribution in [0.3, 0.4) is 0 Å². The summed E-state index contributed by atoms with van der Waals surface area (Å²) in [5, 5.41) is 16.1. The molecule has 100 valence electrons. The Morgan fingerprint density at radius 2 is 2.06 bits per heavy atom. The number of aliphatic imine (C=N–C) groups is 1. The van der Waals surface area contributed by atoms with Gasteiger partial charge in [0.25, 0.3) is 0 Å². The molecule has 0 spiro atoms. The minimum atomic E-state index is -0.0163. The summed E-state index contributed by atoms with van der Waals surface area (Å²) in [6, 6.07) is 5.42. The summed E-state index contributed by atoms with van der Waals surface area (Å²) in [5.74, 6) is 0.667. The molecule has 1 aliphatic rings. The van der Waals surface area contributed by atoms with Crippen LogP contribution in [-0.4, -0.2) is 30.8 Å². The van der Waals surface area contributed by atoms with Crippen molar-refractivity contribution in [2.45, 2.75) is 6.04 Å². The molecule has 4 nitrogen and oxygen atoms in total. The van der Waals surface area contributed by atoms with E-state index in [2.05, 4.69) is 15.6 Å². The van der Waals surface area contributed by atoms with Crippen LogP contribution in [-0.2, 0) is 0 Å². The fourth-order valence-electron chi connectivity index (χ4n) is 1.73. The van der Waals surface area contributed by atoms with E-state index in [0.717, 1.165) is 5.56 Å². The van der Waals surface area contributed by atoms with E-state index >= 15 is 0 Å². The van der Waals surface area contributed by atoms with E-state index in [1.807, 2.05) is 18.2 Å². The molecule has 3 N–H and O–H groups in total. The summed E-state index contributed by atoms with van der Waals surface area (Å²) in [7, 11) is 0. The zero-order valence-corrected chi connectivity index (χ0v) is 13.3. The van der Waals surface area contributed by atoms with Crippen molar-refractivity contribution in [2.24, 2.45) is 4.99 Å². The summed E-state index contributed by atoms with van der Waals surface area (Å²) < 4.78 is 0. The molecule has 0 saturated heterocycles. The molecule has 0 fully saturated rings. The van der Waals surface area contributed by atoms with Crippen LogP contribution in [0.1, 0.15) is 11.6 Å². The van der Waals surface area contributed by atoms with E-state index in [9.17, 15) is 0 Å². The smallest absolute Gasteiger partial charge is 0.191 e. The van der Waals surface area contributed by atoms with Crippen molar-refractivity contribution in [3.63, 3.8) is 0 Å². The molecular formula is C11H14Cl2IN3O. The van der Waals surface area contributed by atoms with Crippen molar-refractivity contribution in [2.75, 3.05) is 19.7 Å². The van der Waals surface area contributed by atoms with Crippen molar-refractivity contribution in [3.05, 3.63) is 33.8 Å². The van der Waals surface area contributed by atoms with Gasteiger partial charge in [0.05, 0.1) is 19.2 Å². The molecule has 0 aliphatic carbocycles. The maximum absolute atomic E-state index is 8.71. The Morgan fingerprint density at radius 3 is 2.67 bits per heavy atom. The summed E-state index contributed by atoms with van der Waals surface area (Å²) >= 11 is 12.3. The highest BCUT2D eigenvalue weighted by atomic mass is 127. The van der Waals surface area contributed by atoms with Gasteiger partial charge in [0, 0.05) is 22.2 Å². The van der Waals surface area contributed by atoms with Gasteiger partial charge in [0.2, 0.25) is 0 Å². The predicted molar refractivity (Wildman–Crippen MR) is 85.1 cm³/mol. The number of nitrogens with zero attached hydrogens (tertiary/aromatic N) is 1. The Balaban J connectivity index is 0.00000162. The Kier molecular flexibility index (Phi) is 6.48. The van der Waals surface area contributed by atoms with Gasteiger partial charge in [-0.1, -0.05) is 29.3 Å². The number of guanidine groups is 1. The topological polar surface area (TPSA) is 56.6 Å². The zero-order valence-electron chi connectivity index (χ0n) is 9.49. The third-order valence-corrected chi connectivity index (χ3v) is 3.15. The van der Waals surface area contributed by atoms with E-state index in [-0.39, 0.29) is 36.6 Å². The molecule has 0 amide bonds. The van der Waals surface area contributed by atoms with Gasteiger partial charge in [0.1, 0.15) is 0 Å². The lowest BCUT2D eigenvalue weighted by molar-refractivity contribution is 0.300. The standard InChI is InChI=1S/C11H13Cl2N3O.HI/c12-7-2-1-3-8(13)10(7)9-6-15-11(16-9)14-4-5-17;/h1-3,9,17H,4-6H2,(H2,14,15,16);1H. The number of hydrogen-bond acceptors (Lipinski definition) is 4. The number of hydrogen-bond donors (Lipinski definition) is 3. The van der Waals surface area contributed by atoms with Crippen molar-refractivity contribution >= 4 is 53.1 Å². The first-order valence-corrected chi connectivity index (χ1v) is 6.07. The summed E-state index contributed by atoms with van der Waals surface area (Å²) in [6.07, 6.45) is 0. The lowest BCUT2D eigenvalue weighted by Gasteiger charge is -2.15. The maximum atomic E-state index is 8.71. The average Bonchev–Trinajstić information content (AvgIpc) is 2.75. The lowest BCUT2D eigenvalue weighted by Crippen LogP contribution is -2.36. The second-order valence-electron chi connectivity index (χ2n) is 3.67. The molecule has 0 aromatic heterocycles. The summed E-state index contributed by atoms with van der Waals surface area (Å²) in [6.45, 7) is 1.12. The minimum absolute atomic E-state index is 0. The van der Waals surface area contributed by atoms with Crippen molar-refractivity contribution in [1.29, 1.82) is 0 Å². The van der Waals surface area contributed by atoms with Crippen LogP contribution < -0.4 is 10.6 Å². The van der Waals surface area contributed by atoms with Gasteiger partial charge in [-0.15, -0.1) is 24.0 Å². The highest BCUT2D eigenvalue weighted by Crippen LogP contribution is 2.31. The molecule has 0 saturated carbocycles. The number of aliphatic hydroxyl groups is 1. The second-order valence-corrected chi connectivity index (χ2v) is 4.49. The van der Waals surface area contributed by atoms with E-state index in [0.29, 0.717) is 29.1 Å². The molecular weight excluding hydrogens is 388 g/mol. The molecule has 1 atom stereocenters. The minimum Gasteiger partial charge on any atom is -0.395 e. The number of rotatable bonds is 3. The quantitative estimate of drug-likeness (QED) is 0.680. The van der Waals surface area contributed by atoms with Crippen molar-refractivity contribution in [1.82, 2.24) is 10.6 Å². The third kappa shape index (κ3) is 3.63. The van der Waals surface area contributed by atoms with Gasteiger partial charge >= 0.3 is 0 Å². The Hall–Kier alpha value is -0.240. The second kappa shape index (κ2) is 7.37. The Labute approximate surface area is 133 Å². The van der Waals surface area contributed by atoms with Crippen LogP contribution in [0.25, 0.3) is 0 Å². The van der Waals surface area contributed by atoms with E-state index in [1.165, 1.54) is 0 Å². The van der Waals surface area contributed by atoms with Gasteiger partial charge in [-0.05, 0) is 12.1 Å². The van der Waals surface area contributed by atoms with Gasteiger partial charge < -0.3 is 15.7 Å². The SMILES string of the molecule is I.OCCNC1=NCC(c2c(Cl)cccc2Cl)N1. The summed E-state index contributed by atoms with van der Waals surface area (Å²) in [5.41, 5.74) is 0.861. The van der Waals surface area contributed by atoms with Crippen LogP contribution in [0.4, 0.5) is 0 Å². The van der Waals surface area contributed by atoms with Gasteiger partial charge in [0.15, 0.2) is 5.96 Å². The first kappa shape index (κ1) is 15.8. The number of halogens is 3. The first-order valence-electron chi connectivity index (χ1n) is 5.32. The van der Waals surface area contributed by atoms with Crippen LogP contribution in [0.5, 0.6) is 0 Å². The molecule has 2 rings (SSSR count). The molecule has 7 heteroatoms. The average molecular weight is 402 g/mol. The van der Waals surface area contributed by atoms with E-state index in [4.69, 9.17) is 28.3 Å². The van der Waals surface area contributed by atoms with Crippen LogP contribution in [0, 0.1) is 0 Å². The molecule has 1 aromatic rings. The zero-order chi connectivity index (χ0) is 12.3. The molecule has 0 radical (unpaired) electrons. The Bertz CT molecular complexity index is 422. The molecule has 18 heavy (non-hydrogen) atoms. The van der Waals surface area contributed by atoms with Gasteiger partial charge in [-0.3, -0.25) is 4.99 Å². The molecule has 1 unspecified atom stereocenters. The van der Waals surface area contributed by atoms with E-state index in [1.54, 1.807) is 0 Å². The normalized spacial score (nSPS) is 17.7. The van der Waals surface area contributed by atoms with E-state index < -0.39 is 0 Å². The maximum Gasteiger partial charge on any atom is 0.191 e. The third-order valence-electron chi connectivity index (χ3n) is 2.50. The van der Waals surface area contributed by atoms with Crippen LogP contribution in [0.15, 0.2) is 23.2 Å². The molecule has 0 bridgehead atoms. The number of aliphatic hydroxyl groups excluding tert-OH is 1. The predicted octanol–water partition coefficient (Wildman–Crippen LogP) is 2.19. The fraction of sp³-hybridized carbons (Fsp3) is 0.364. The lowest BCUT2D eigenvalue weighted by atomic mass is 10.1. The van der Waals surface area contributed by atoms with Gasteiger partial charge in [-0.2, -0.15) is 0 Å². The van der Waals surface area contributed by atoms with Crippen LogP contribution in [0.2, 0.25) is 10.0 Å². The first-order chi connectivity index (χ1) is 8.22. The highest BCUT2D eigenvalue weighted by Gasteiger charge is 2.23. The largest absolute Gasteiger partial charge is 0.395 e. The van der Waals surface area contributed by atoms with Crippen molar-refractivity contribution < 1.29 is 5.11 Å².